The molecule has 0 saturated carbocycles. The van der Waals surface area contributed by atoms with E-state index < -0.39 is 6.03 Å². The predicted molar refractivity (Wildman–Crippen MR) is 127 cm³/mol. The van der Waals surface area contributed by atoms with Crippen LogP contribution < -0.4 is 14.8 Å². The lowest BCUT2D eigenvalue weighted by molar-refractivity contribution is -0.123. The third kappa shape index (κ3) is 5.41. The van der Waals surface area contributed by atoms with Gasteiger partial charge in [0.1, 0.15) is 12.3 Å². The van der Waals surface area contributed by atoms with Crippen molar-refractivity contribution in [2.75, 3.05) is 6.61 Å². The molecule has 6 nitrogen and oxygen atoms in total. The van der Waals surface area contributed by atoms with E-state index in [1.54, 1.807) is 12.1 Å². The van der Waals surface area contributed by atoms with E-state index in [4.69, 9.17) is 9.47 Å². The third-order valence-corrected chi connectivity index (χ3v) is 5.24. The minimum absolute atomic E-state index is 0.221. The van der Waals surface area contributed by atoms with E-state index in [0.29, 0.717) is 24.7 Å². The number of aryl methyl sites for hydroxylation is 1. The highest BCUT2D eigenvalue weighted by molar-refractivity contribution is 6.13. The zero-order chi connectivity index (χ0) is 23.2. The summed E-state index contributed by atoms with van der Waals surface area (Å²) in [5, 5.41) is 2.67. The zero-order valence-electron chi connectivity index (χ0n) is 18.7. The van der Waals surface area contributed by atoms with Crippen molar-refractivity contribution in [3.8, 4) is 11.5 Å². The first-order valence-corrected chi connectivity index (χ1v) is 10.9. The van der Waals surface area contributed by atoms with Gasteiger partial charge < -0.3 is 14.8 Å². The molecule has 0 atom stereocenters. The molecule has 1 aliphatic rings. The van der Waals surface area contributed by atoms with Gasteiger partial charge in [0, 0.05) is 0 Å². The Morgan fingerprint density at radius 2 is 1.64 bits per heavy atom. The van der Waals surface area contributed by atoms with Gasteiger partial charge in [-0.25, -0.2) is 4.79 Å². The highest BCUT2D eigenvalue weighted by Crippen LogP contribution is 2.30. The molecule has 1 heterocycles. The number of carbonyl (C=O) groups is 2. The van der Waals surface area contributed by atoms with Crippen LogP contribution in [-0.2, 0) is 17.9 Å². The summed E-state index contributed by atoms with van der Waals surface area (Å²) in [4.78, 5) is 26.4. The van der Waals surface area contributed by atoms with E-state index in [1.807, 2.05) is 80.6 Å². The molecule has 0 bridgehead atoms. The molecule has 6 heteroatoms. The zero-order valence-corrected chi connectivity index (χ0v) is 18.7. The van der Waals surface area contributed by atoms with E-state index in [0.717, 1.165) is 16.7 Å². The largest absolute Gasteiger partial charge is 0.490 e. The molecule has 0 aliphatic carbocycles. The van der Waals surface area contributed by atoms with Crippen molar-refractivity contribution >= 4 is 18.0 Å². The molecule has 0 spiro atoms. The van der Waals surface area contributed by atoms with Crippen molar-refractivity contribution in [2.45, 2.75) is 27.0 Å². The van der Waals surface area contributed by atoms with Crippen molar-refractivity contribution in [3.05, 3.63) is 101 Å². The Kier molecular flexibility index (Phi) is 6.74. The molecule has 3 amide bonds. The molecule has 0 unspecified atom stereocenters. The van der Waals surface area contributed by atoms with Gasteiger partial charge >= 0.3 is 6.03 Å². The topological polar surface area (TPSA) is 67.9 Å². The van der Waals surface area contributed by atoms with Crippen molar-refractivity contribution in [3.63, 3.8) is 0 Å². The van der Waals surface area contributed by atoms with Gasteiger partial charge in [-0.15, -0.1) is 0 Å². The number of hydrogen-bond acceptors (Lipinski definition) is 4. The standard InChI is InChI=1S/C27H26N2O4/c1-3-32-25-16-22(13-14-24(25)33-18-21-11-9-19(2)10-12-21)15-23-26(30)29(27(31)28-23)17-20-7-5-4-6-8-20/h4-16H,3,17-18H2,1-2H3,(H,28,31)/b23-15+. The first-order chi connectivity index (χ1) is 16.0. The van der Waals surface area contributed by atoms with Crippen molar-refractivity contribution < 1.29 is 19.1 Å². The lowest BCUT2D eigenvalue weighted by atomic mass is 10.1. The van der Waals surface area contributed by atoms with Crippen molar-refractivity contribution in [2.24, 2.45) is 0 Å². The van der Waals surface area contributed by atoms with Gasteiger partial charge in [-0.05, 0) is 48.7 Å². The first-order valence-electron chi connectivity index (χ1n) is 10.9. The quantitative estimate of drug-likeness (QED) is 0.391. The number of urea groups is 1. The third-order valence-electron chi connectivity index (χ3n) is 5.24. The number of imide groups is 1. The molecule has 1 saturated heterocycles. The molecule has 168 valence electrons. The van der Waals surface area contributed by atoms with Crippen LogP contribution in [0.2, 0.25) is 0 Å². The summed E-state index contributed by atoms with van der Waals surface area (Å²) < 4.78 is 11.7. The summed E-state index contributed by atoms with van der Waals surface area (Å²) in [6.45, 7) is 5.06. The summed E-state index contributed by atoms with van der Waals surface area (Å²) in [7, 11) is 0. The van der Waals surface area contributed by atoms with Crippen LogP contribution in [0.4, 0.5) is 4.79 Å². The van der Waals surface area contributed by atoms with Crippen LogP contribution in [0.15, 0.2) is 78.5 Å². The smallest absolute Gasteiger partial charge is 0.329 e. The van der Waals surface area contributed by atoms with Gasteiger partial charge in [0.25, 0.3) is 5.91 Å². The minimum atomic E-state index is -0.432. The Labute approximate surface area is 193 Å². The van der Waals surface area contributed by atoms with Gasteiger partial charge in [-0.3, -0.25) is 9.69 Å². The molecule has 1 aliphatic heterocycles. The number of nitrogens with zero attached hydrogens (tertiary/aromatic N) is 1. The Hall–Kier alpha value is -4.06. The predicted octanol–water partition coefficient (Wildman–Crippen LogP) is 5.07. The maximum Gasteiger partial charge on any atom is 0.329 e. The molecular weight excluding hydrogens is 416 g/mol. The Balaban J connectivity index is 1.50. The molecule has 1 N–H and O–H groups in total. The number of carbonyl (C=O) groups excluding carboxylic acids is 2. The van der Waals surface area contributed by atoms with Crippen LogP contribution in [0.25, 0.3) is 6.08 Å². The second kappa shape index (κ2) is 10.0. The summed E-state index contributed by atoms with van der Waals surface area (Å²) in [6.07, 6.45) is 1.65. The van der Waals surface area contributed by atoms with Crippen molar-refractivity contribution in [1.29, 1.82) is 0 Å². The monoisotopic (exact) mass is 442 g/mol. The van der Waals surface area contributed by atoms with Crippen LogP contribution in [0.3, 0.4) is 0 Å². The van der Waals surface area contributed by atoms with E-state index in [2.05, 4.69) is 5.32 Å². The average molecular weight is 443 g/mol. The highest BCUT2D eigenvalue weighted by atomic mass is 16.5. The van der Waals surface area contributed by atoms with Crippen LogP contribution in [0.5, 0.6) is 11.5 Å². The molecule has 0 radical (unpaired) electrons. The van der Waals surface area contributed by atoms with Crippen LogP contribution in [0, 0.1) is 6.92 Å². The van der Waals surface area contributed by atoms with E-state index in [9.17, 15) is 9.59 Å². The van der Waals surface area contributed by atoms with E-state index in [-0.39, 0.29) is 18.1 Å². The summed E-state index contributed by atoms with van der Waals surface area (Å²) in [5.41, 5.74) is 4.10. The Morgan fingerprint density at radius 3 is 2.36 bits per heavy atom. The maximum atomic E-state index is 12.8. The normalized spacial score (nSPS) is 14.5. The van der Waals surface area contributed by atoms with Crippen LogP contribution >= 0.6 is 0 Å². The van der Waals surface area contributed by atoms with Crippen molar-refractivity contribution in [1.82, 2.24) is 10.2 Å². The van der Waals surface area contributed by atoms with Gasteiger partial charge in [0.05, 0.1) is 13.2 Å². The lowest BCUT2D eigenvalue weighted by Crippen LogP contribution is -2.30. The van der Waals surface area contributed by atoms with Gasteiger partial charge in [0.15, 0.2) is 11.5 Å². The maximum absolute atomic E-state index is 12.8. The molecule has 33 heavy (non-hydrogen) atoms. The van der Waals surface area contributed by atoms with Crippen LogP contribution in [-0.4, -0.2) is 23.4 Å². The number of ether oxygens (including phenoxy) is 2. The minimum Gasteiger partial charge on any atom is -0.490 e. The fourth-order valence-electron chi connectivity index (χ4n) is 3.50. The molecule has 3 aromatic carbocycles. The molecule has 0 aromatic heterocycles. The number of benzene rings is 3. The van der Waals surface area contributed by atoms with E-state index >= 15 is 0 Å². The molecular formula is C27H26N2O4. The molecule has 3 aromatic rings. The Morgan fingerprint density at radius 1 is 0.879 bits per heavy atom. The number of nitrogens with one attached hydrogen (secondary N) is 1. The molecule has 4 rings (SSSR count). The lowest BCUT2D eigenvalue weighted by Gasteiger charge is -2.13. The number of rotatable bonds is 8. The van der Waals surface area contributed by atoms with Gasteiger partial charge in [0.2, 0.25) is 0 Å². The summed E-state index contributed by atoms with van der Waals surface area (Å²) in [6, 6.07) is 22.6. The summed E-state index contributed by atoms with van der Waals surface area (Å²) >= 11 is 0. The number of hydrogen-bond donors (Lipinski definition) is 1. The average Bonchev–Trinajstić information content (AvgIpc) is 3.08. The Bertz CT molecular complexity index is 1170. The molecule has 1 fully saturated rings. The van der Waals surface area contributed by atoms with Gasteiger partial charge in [-0.2, -0.15) is 0 Å². The summed E-state index contributed by atoms with van der Waals surface area (Å²) in [5.74, 6) is 0.838. The fraction of sp³-hybridized carbons (Fsp3) is 0.185. The fourth-order valence-corrected chi connectivity index (χ4v) is 3.50. The van der Waals surface area contributed by atoms with Crippen LogP contribution in [0.1, 0.15) is 29.2 Å². The SMILES string of the molecule is CCOc1cc(/C=C2/NC(=O)N(Cc3ccccc3)C2=O)ccc1OCc1ccc(C)cc1. The first kappa shape index (κ1) is 22.1. The van der Waals surface area contributed by atoms with Gasteiger partial charge in [-0.1, -0.05) is 66.2 Å². The highest BCUT2D eigenvalue weighted by Gasteiger charge is 2.33. The number of amides is 3. The second-order valence-electron chi connectivity index (χ2n) is 7.78. The second-order valence-corrected chi connectivity index (χ2v) is 7.78. The van der Waals surface area contributed by atoms with E-state index in [1.165, 1.54) is 10.5 Å².